The first-order valence-corrected chi connectivity index (χ1v) is 7.81. The maximum Gasteiger partial charge on any atom is 0.0506 e. The van der Waals surface area contributed by atoms with Gasteiger partial charge >= 0.3 is 0 Å². The molecule has 0 radical (unpaired) electrons. The number of hydrogen-bond donors (Lipinski definition) is 1. The SMILES string of the molecule is CNC1C(S(=O)CC(C)C)CCCC1(C)C. The van der Waals surface area contributed by atoms with E-state index in [9.17, 15) is 4.21 Å². The summed E-state index contributed by atoms with van der Waals surface area (Å²) in [6.07, 6.45) is 3.59. The quantitative estimate of drug-likeness (QED) is 0.825. The summed E-state index contributed by atoms with van der Waals surface area (Å²) >= 11 is 0. The van der Waals surface area contributed by atoms with Gasteiger partial charge in [-0.3, -0.25) is 4.21 Å². The molecule has 1 N–H and O–H groups in total. The van der Waals surface area contributed by atoms with Crippen molar-refractivity contribution >= 4 is 10.8 Å². The molecule has 3 unspecified atom stereocenters. The van der Waals surface area contributed by atoms with Crippen LogP contribution >= 0.6 is 0 Å². The number of rotatable bonds is 4. The van der Waals surface area contributed by atoms with Crippen molar-refractivity contribution in [3.05, 3.63) is 0 Å². The molecule has 1 aliphatic rings. The van der Waals surface area contributed by atoms with Gasteiger partial charge in [0.1, 0.15) is 0 Å². The summed E-state index contributed by atoms with van der Waals surface area (Å²) in [4.78, 5) is 0. The normalized spacial score (nSPS) is 31.6. The fourth-order valence-corrected chi connectivity index (χ4v) is 5.04. The third-order valence-electron chi connectivity index (χ3n) is 3.67. The first-order chi connectivity index (χ1) is 7.38. The Morgan fingerprint density at radius 3 is 2.56 bits per heavy atom. The lowest BCUT2D eigenvalue weighted by molar-refractivity contribution is 0.180. The van der Waals surface area contributed by atoms with Crippen molar-refractivity contribution in [3.8, 4) is 0 Å². The molecule has 0 aromatic carbocycles. The molecule has 0 spiro atoms. The van der Waals surface area contributed by atoms with E-state index in [2.05, 4.69) is 33.0 Å². The molecule has 3 heteroatoms. The van der Waals surface area contributed by atoms with E-state index in [1.165, 1.54) is 12.8 Å². The molecule has 1 fully saturated rings. The van der Waals surface area contributed by atoms with Gasteiger partial charge in [-0.25, -0.2) is 0 Å². The van der Waals surface area contributed by atoms with E-state index in [1.54, 1.807) is 0 Å². The highest BCUT2D eigenvalue weighted by Gasteiger charge is 2.40. The van der Waals surface area contributed by atoms with E-state index in [1.807, 2.05) is 7.05 Å². The van der Waals surface area contributed by atoms with Crippen LogP contribution in [-0.4, -0.2) is 28.3 Å². The Hall–Kier alpha value is 0.110. The molecular weight excluding hydrogens is 218 g/mol. The Kier molecular flexibility index (Phi) is 4.99. The molecule has 1 aliphatic carbocycles. The van der Waals surface area contributed by atoms with E-state index in [4.69, 9.17) is 0 Å². The standard InChI is InChI=1S/C13H27NOS/c1-10(2)9-16(15)11-7-6-8-13(3,4)12(11)14-5/h10-12,14H,6-9H2,1-5H3. The fraction of sp³-hybridized carbons (Fsp3) is 1.00. The molecule has 0 saturated heterocycles. The minimum absolute atomic E-state index is 0.282. The second kappa shape index (κ2) is 5.63. The first-order valence-electron chi connectivity index (χ1n) is 6.43. The summed E-state index contributed by atoms with van der Waals surface area (Å²) in [6, 6.07) is 0.404. The predicted octanol–water partition coefficient (Wildman–Crippen LogP) is 2.56. The minimum Gasteiger partial charge on any atom is -0.315 e. The molecule has 0 aromatic rings. The van der Waals surface area contributed by atoms with Gasteiger partial charge in [0.2, 0.25) is 0 Å². The van der Waals surface area contributed by atoms with E-state index >= 15 is 0 Å². The van der Waals surface area contributed by atoms with Crippen molar-refractivity contribution in [2.45, 2.75) is 58.2 Å². The van der Waals surface area contributed by atoms with Crippen LogP contribution in [0.2, 0.25) is 0 Å². The lowest BCUT2D eigenvalue weighted by Gasteiger charge is -2.43. The van der Waals surface area contributed by atoms with Gasteiger partial charge in [0.25, 0.3) is 0 Å². The molecule has 0 bridgehead atoms. The molecule has 0 heterocycles. The van der Waals surface area contributed by atoms with Gasteiger partial charge in [-0.15, -0.1) is 0 Å². The summed E-state index contributed by atoms with van der Waals surface area (Å²) < 4.78 is 12.3. The maximum absolute atomic E-state index is 12.3. The average Bonchev–Trinajstić information content (AvgIpc) is 2.14. The van der Waals surface area contributed by atoms with Crippen molar-refractivity contribution in [1.82, 2.24) is 5.32 Å². The van der Waals surface area contributed by atoms with Crippen molar-refractivity contribution in [3.63, 3.8) is 0 Å². The smallest absolute Gasteiger partial charge is 0.0506 e. The van der Waals surface area contributed by atoms with Gasteiger partial charge in [-0.1, -0.05) is 34.1 Å². The third kappa shape index (κ3) is 3.30. The fourth-order valence-electron chi connectivity index (χ4n) is 2.90. The zero-order chi connectivity index (χ0) is 12.3. The van der Waals surface area contributed by atoms with Crippen LogP contribution in [0.1, 0.15) is 47.0 Å². The molecular formula is C13H27NOS. The molecule has 0 amide bonds. The Bertz CT molecular complexity index is 250. The van der Waals surface area contributed by atoms with Crippen LogP contribution < -0.4 is 5.32 Å². The van der Waals surface area contributed by atoms with E-state index in [0.29, 0.717) is 17.2 Å². The molecule has 0 aromatic heterocycles. The van der Waals surface area contributed by atoms with Crippen LogP contribution in [0.4, 0.5) is 0 Å². The van der Waals surface area contributed by atoms with Gasteiger partial charge in [-0.2, -0.15) is 0 Å². The Morgan fingerprint density at radius 2 is 2.06 bits per heavy atom. The Labute approximate surface area is 103 Å². The van der Waals surface area contributed by atoms with Crippen molar-refractivity contribution < 1.29 is 4.21 Å². The molecule has 16 heavy (non-hydrogen) atoms. The van der Waals surface area contributed by atoms with Gasteiger partial charge in [-0.05, 0) is 31.2 Å². The predicted molar refractivity (Wildman–Crippen MR) is 72.1 cm³/mol. The Balaban J connectivity index is 2.74. The van der Waals surface area contributed by atoms with Crippen LogP contribution in [-0.2, 0) is 10.8 Å². The van der Waals surface area contributed by atoms with Crippen LogP contribution in [0.25, 0.3) is 0 Å². The summed E-state index contributed by atoms with van der Waals surface area (Å²) in [7, 11) is 1.34. The largest absolute Gasteiger partial charge is 0.315 e. The molecule has 96 valence electrons. The van der Waals surface area contributed by atoms with Crippen LogP contribution in [0, 0.1) is 11.3 Å². The lowest BCUT2D eigenvalue weighted by atomic mass is 9.73. The number of hydrogen-bond acceptors (Lipinski definition) is 2. The highest BCUT2D eigenvalue weighted by Crippen LogP contribution is 2.37. The van der Waals surface area contributed by atoms with Crippen molar-refractivity contribution in [2.24, 2.45) is 11.3 Å². The van der Waals surface area contributed by atoms with E-state index in [0.717, 1.165) is 12.2 Å². The van der Waals surface area contributed by atoms with Gasteiger partial charge in [0.15, 0.2) is 0 Å². The molecule has 1 saturated carbocycles. The molecule has 3 atom stereocenters. The second-order valence-corrected chi connectivity index (χ2v) is 7.83. The molecule has 1 rings (SSSR count). The molecule has 2 nitrogen and oxygen atoms in total. The zero-order valence-electron chi connectivity index (χ0n) is 11.4. The van der Waals surface area contributed by atoms with Crippen LogP contribution in [0.5, 0.6) is 0 Å². The average molecular weight is 245 g/mol. The monoisotopic (exact) mass is 245 g/mol. The minimum atomic E-state index is -0.676. The van der Waals surface area contributed by atoms with Gasteiger partial charge < -0.3 is 5.32 Å². The lowest BCUT2D eigenvalue weighted by Crippen LogP contribution is -2.53. The van der Waals surface area contributed by atoms with E-state index in [-0.39, 0.29) is 5.41 Å². The van der Waals surface area contributed by atoms with Crippen LogP contribution in [0.3, 0.4) is 0 Å². The summed E-state index contributed by atoms with van der Waals surface area (Å²) in [6.45, 7) is 8.90. The van der Waals surface area contributed by atoms with Gasteiger partial charge in [0.05, 0.1) is 5.25 Å². The highest BCUT2D eigenvalue weighted by molar-refractivity contribution is 7.85. The van der Waals surface area contributed by atoms with Crippen molar-refractivity contribution in [2.75, 3.05) is 12.8 Å². The second-order valence-electron chi connectivity index (χ2n) is 6.13. The maximum atomic E-state index is 12.3. The Morgan fingerprint density at radius 1 is 1.44 bits per heavy atom. The molecule has 0 aliphatic heterocycles. The highest BCUT2D eigenvalue weighted by atomic mass is 32.2. The van der Waals surface area contributed by atoms with Crippen molar-refractivity contribution in [1.29, 1.82) is 0 Å². The zero-order valence-corrected chi connectivity index (χ0v) is 12.2. The summed E-state index contributed by atoms with van der Waals surface area (Å²) in [5.41, 5.74) is 0.282. The summed E-state index contributed by atoms with van der Waals surface area (Å²) in [5.74, 6) is 1.38. The van der Waals surface area contributed by atoms with Gasteiger partial charge in [0, 0.05) is 22.6 Å². The topological polar surface area (TPSA) is 29.1 Å². The third-order valence-corrected chi connectivity index (χ3v) is 5.85. The van der Waals surface area contributed by atoms with Crippen LogP contribution in [0.15, 0.2) is 0 Å². The van der Waals surface area contributed by atoms with E-state index < -0.39 is 10.8 Å². The first kappa shape index (κ1) is 14.2. The number of nitrogens with one attached hydrogen (secondary N) is 1. The summed E-state index contributed by atoms with van der Waals surface area (Å²) in [5, 5.41) is 3.75.